The quantitative estimate of drug-likeness (QED) is 0.736. The third-order valence-corrected chi connectivity index (χ3v) is 4.88. The van der Waals surface area contributed by atoms with Crippen LogP contribution in [0.25, 0.3) is 5.69 Å². The van der Waals surface area contributed by atoms with Crippen molar-refractivity contribution in [3.05, 3.63) is 64.6 Å². The molecule has 0 saturated carbocycles. The number of carbonyl (C=O) groups excluding carboxylic acids is 1. The van der Waals surface area contributed by atoms with Gasteiger partial charge in [0, 0.05) is 5.69 Å². The molecule has 0 saturated heterocycles. The Bertz CT molecular complexity index is 1130. The molecule has 3 aromatic rings. The van der Waals surface area contributed by atoms with E-state index in [0.29, 0.717) is 5.92 Å². The van der Waals surface area contributed by atoms with Crippen molar-refractivity contribution in [2.24, 2.45) is 5.92 Å². The van der Waals surface area contributed by atoms with Crippen LogP contribution in [0.5, 0.6) is 0 Å². The lowest BCUT2D eigenvalue weighted by Gasteiger charge is -2.21. The summed E-state index contributed by atoms with van der Waals surface area (Å²) in [5.41, 5.74) is 1.52. The van der Waals surface area contributed by atoms with Crippen molar-refractivity contribution >= 4 is 11.7 Å². The molecule has 1 aliphatic carbocycles. The van der Waals surface area contributed by atoms with Gasteiger partial charge in [-0.1, -0.05) is 18.2 Å². The smallest absolute Gasteiger partial charge is 0.279 e. The zero-order valence-electron chi connectivity index (χ0n) is 15.5. The van der Waals surface area contributed by atoms with Crippen LogP contribution in [0, 0.1) is 28.9 Å². The molecule has 2 heterocycles. The van der Waals surface area contributed by atoms with Gasteiger partial charge in [-0.2, -0.15) is 5.26 Å². The molecule has 1 amide bonds. The maximum atomic E-state index is 13.9. The second-order valence-electron chi connectivity index (χ2n) is 7.02. The van der Waals surface area contributed by atoms with Gasteiger partial charge in [-0.3, -0.25) is 4.79 Å². The molecule has 2 aromatic heterocycles. The monoisotopic (exact) mass is 394 g/mol. The molecule has 0 aliphatic heterocycles. The Morgan fingerprint density at radius 2 is 2.10 bits per heavy atom. The fourth-order valence-electron chi connectivity index (χ4n) is 3.38. The number of nitrogens with zero attached hydrogens (tertiary/aromatic N) is 5. The van der Waals surface area contributed by atoms with Crippen molar-refractivity contribution in [1.29, 1.82) is 5.26 Å². The first-order valence-electron chi connectivity index (χ1n) is 9.07. The van der Waals surface area contributed by atoms with Crippen LogP contribution in [-0.2, 0) is 12.8 Å². The van der Waals surface area contributed by atoms with Gasteiger partial charge >= 0.3 is 0 Å². The summed E-state index contributed by atoms with van der Waals surface area (Å²) in [4.78, 5) is 17.0. The Labute approximate surface area is 165 Å². The van der Waals surface area contributed by atoms with Crippen molar-refractivity contribution in [2.75, 3.05) is 5.32 Å². The summed E-state index contributed by atoms with van der Waals surface area (Å²) in [5, 5.41) is 19.3. The number of hydrogen-bond donors (Lipinski definition) is 1. The molecule has 0 bridgehead atoms. The summed E-state index contributed by atoms with van der Waals surface area (Å²) in [6.45, 7) is 2.15. The molecule has 1 N–H and O–H groups in total. The number of anilines is 1. The molecule has 1 unspecified atom stereocenters. The van der Waals surface area contributed by atoms with Crippen LogP contribution in [0.15, 0.2) is 30.5 Å². The summed E-state index contributed by atoms with van der Waals surface area (Å²) in [7, 11) is 0. The summed E-state index contributed by atoms with van der Waals surface area (Å²) in [6, 6.07) is 7.18. The highest BCUT2D eigenvalue weighted by Crippen LogP contribution is 2.27. The highest BCUT2D eigenvalue weighted by Gasteiger charge is 2.22. The SMILES string of the molecule is CC1CCc2nc(NC(=O)c3cn(-c4c(F)cccc4F)nn3)c(C#N)cc2C1. The number of carbonyl (C=O) groups is 1. The number of rotatable bonds is 3. The summed E-state index contributed by atoms with van der Waals surface area (Å²) in [5.74, 6) is -1.69. The van der Waals surface area contributed by atoms with Crippen LogP contribution in [0.2, 0.25) is 0 Å². The number of aromatic nitrogens is 4. The second-order valence-corrected chi connectivity index (χ2v) is 7.02. The molecule has 1 aliphatic rings. The van der Waals surface area contributed by atoms with Crippen LogP contribution in [-0.4, -0.2) is 25.9 Å². The molecule has 7 nitrogen and oxygen atoms in total. The second kappa shape index (κ2) is 7.39. The first-order chi connectivity index (χ1) is 14.0. The highest BCUT2D eigenvalue weighted by molar-refractivity contribution is 6.02. The van der Waals surface area contributed by atoms with Crippen LogP contribution in [0.3, 0.4) is 0 Å². The zero-order chi connectivity index (χ0) is 20.5. The van der Waals surface area contributed by atoms with E-state index in [-0.39, 0.29) is 17.1 Å². The Morgan fingerprint density at radius 1 is 1.34 bits per heavy atom. The highest BCUT2D eigenvalue weighted by atomic mass is 19.1. The fourth-order valence-corrected chi connectivity index (χ4v) is 3.38. The fraction of sp³-hybridized carbons (Fsp3) is 0.250. The van der Waals surface area contributed by atoms with E-state index in [4.69, 9.17) is 0 Å². The molecule has 4 rings (SSSR count). The number of halogens is 2. The Morgan fingerprint density at radius 3 is 2.83 bits per heavy atom. The zero-order valence-corrected chi connectivity index (χ0v) is 15.5. The first-order valence-corrected chi connectivity index (χ1v) is 9.07. The van der Waals surface area contributed by atoms with Crippen LogP contribution in [0.1, 0.15) is 40.7 Å². The van der Waals surface area contributed by atoms with E-state index in [2.05, 4.69) is 27.5 Å². The predicted octanol–water partition coefficient (Wildman–Crippen LogP) is 3.19. The summed E-state index contributed by atoms with van der Waals surface area (Å²) >= 11 is 0. The van der Waals surface area contributed by atoms with Gasteiger partial charge in [0.2, 0.25) is 0 Å². The lowest BCUT2D eigenvalue weighted by Crippen LogP contribution is -2.18. The molecule has 1 atom stereocenters. The number of para-hydroxylation sites is 1. The van der Waals surface area contributed by atoms with E-state index in [1.165, 1.54) is 6.07 Å². The third kappa shape index (κ3) is 3.57. The van der Waals surface area contributed by atoms with Crippen molar-refractivity contribution in [2.45, 2.75) is 26.2 Å². The molecule has 146 valence electrons. The molecular formula is C20H16F2N6O. The number of pyridine rings is 1. The van der Waals surface area contributed by atoms with E-state index < -0.39 is 23.2 Å². The number of fused-ring (bicyclic) bond motifs is 1. The number of aryl methyl sites for hydroxylation is 1. The average molecular weight is 394 g/mol. The molecule has 1 aromatic carbocycles. The summed E-state index contributed by atoms with van der Waals surface area (Å²) in [6.07, 6.45) is 3.71. The van der Waals surface area contributed by atoms with E-state index in [9.17, 15) is 18.8 Å². The van der Waals surface area contributed by atoms with Crippen molar-refractivity contribution in [3.8, 4) is 11.8 Å². The number of hydrogen-bond acceptors (Lipinski definition) is 5. The minimum Gasteiger partial charge on any atom is -0.304 e. The number of nitrogens with one attached hydrogen (secondary N) is 1. The lowest BCUT2D eigenvalue weighted by atomic mass is 9.87. The Kier molecular flexibility index (Phi) is 4.76. The first kappa shape index (κ1) is 18.7. The maximum Gasteiger partial charge on any atom is 0.279 e. The standard InChI is InChI=1S/C20H16F2N6O/c1-11-5-6-16-12(7-11)8-13(9-23)19(24-16)25-20(29)17-10-28(27-26-17)18-14(21)3-2-4-15(18)22/h2-4,8,10-11H,5-7H2,1H3,(H,24,25,29). The number of amides is 1. The van der Waals surface area contributed by atoms with Crippen LogP contribution < -0.4 is 5.32 Å². The van der Waals surface area contributed by atoms with Crippen molar-refractivity contribution in [3.63, 3.8) is 0 Å². The summed E-state index contributed by atoms with van der Waals surface area (Å²) < 4.78 is 28.7. The molecular weight excluding hydrogens is 378 g/mol. The Hall–Kier alpha value is -3.67. The third-order valence-electron chi connectivity index (χ3n) is 4.88. The average Bonchev–Trinajstić information content (AvgIpc) is 3.17. The number of nitriles is 1. The van der Waals surface area contributed by atoms with Gasteiger partial charge in [-0.25, -0.2) is 18.4 Å². The van der Waals surface area contributed by atoms with E-state index in [0.717, 1.165) is 53.5 Å². The largest absolute Gasteiger partial charge is 0.304 e. The van der Waals surface area contributed by atoms with E-state index in [1.807, 2.05) is 6.07 Å². The number of benzene rings is 1. The molecule has 9 heteroatoms. The van der Waals surface area contributed by atoms with Crippen LogP contribution >= 0.6 is 0 Å². The Balaban J connectivity index is 1.61. The molecule has 29 heavy (non-hydrogen) atoms. The minimum absolute atomic E-state index is 0.137. The van der Waals surface area contributed by atoms with Crippen LogP contribution in [0.4, 0.5) is 14.6 Å². The van der Waals surface area contributed by atoms with Crippen molar-refractivity contribution < 1.29 is 13.6 Å². The minimum atomic E-state index is -0.834. The van der Waals surface area contributed by atoms with Gasteiger partial charge in [0.25, 0.3) is 5.91 Å². The van der Waals surface area contributed by atoms with E-state index in [1.54, 1.807) is 6.07 Å². The van der Waals surface area contributed by atoms with E-state index >= 15 is 0 Å². The molecule has 0 fully saturated rings. The predicted molar refractivity (Wildman–Crippen MR) is 99.4 cm³/mol. The van der Waals surface area contributed by atoms with Gasteiger partial charge in [0.1, 0.15) is 11.8 Å². The molecule has 0 spiro atoms. The van der Waals surface area contributed by atoms with Gasteiger partial charge in [-0.05, 0) is 48.9 Å². The van der Waals surface area contributed by atoms with Gasteiger partial charge in [0.05, 0.1) is 11.8 Å². The normalized spacial score (nSPS) is 15.4. The molecule has 0 radical (unpaired) electrons. The van der Waals surface area contributed by atoms with Gasteiger partial charge < -0.3 is 5.32 Å². The van der Waals surface area contributed by atoms with Crippen molar-refractivity contribution in [1.82, 2.24) is 20.0 Å². The topological polar surface area (TPSA) is 96.5 Å². The van der Waals surface area contributed by atoms with Gasteiger partial charge in [-0.15, -0.1) is 5.10 Å². The lowest BCUT2D eigenvalue weighted by molar-refractivity contribution is 0.102. The van der Waals surface area contributed by atoms with Gasteiger partial charge in [0.15, 0.2) is 23.1 Å². The maximum absolute atomic E-state index is 13.9.